The summed E-state index contributed by atoms with van der Waals surface area (Å²) in [6.07, 6.45) is 2.66. The topological polar surface area (TPSA) is 84.5 Å². The quantitative estimate of drug-likeness (QED) is 0.239. The largest absolute Gasteiger partial charge is 0.422 e. The Balaban J connectivity index is 1.63. The third-order valence-electron chi connectivity index (χ3n) is 4.30. The van der Waals surface area contributed by atoms with Crippen molar-refractivity contribution < 1.29 is 19.1 Å². The molecule has 0 atom stereocenters. The van der Waals surface area contributed by atoms with Crippen molar-refractivity contribution in [3.63, 3.8) is 0 Å². The van der Waals surface area contributed by atoms with Crippen LogP contribution >= 0.6 is 23.2 Å². The predicted octanol–water partition coefficient (Wildman–Crippen LogP) is 5.00. The van der Waals surface area contributed by atoms with E-state index in [-0.39, 0.29) is 16.3 Å². The molecular weight excluding hydrogens is 451 g/mol. The molecule has 162 valence electrons. The Morgan fingerprint density at radius 3 is 2.34 bits per heavy atom. The van der Waals surface area contributed by atoms with Crippen molar-refractivity contribution in [2.45, 2.75) is 6.92 Å². The lowest BCUT2D eigenvalue weighted by molar-refractivity contribution is -0.117. The van der Waals surface area contributed by atoms with E-state index in [1.54, 1.807) is 48.5 Å². The second-order valence-electron chi connectivity index (χ2n) is 6.69. The third-order valence-corrected chi connectivity index (χ3v) is 4.85. The molecule has 0 bridgehead atoms. The van der Waals surface area contributed by atoms with Crippen LogP contribution < -0.4 is 15.6 Å². The minimum Gasteiger partial charge on any atom is -0.422 e. The molecule has 0 aliphatic carbocycles. The Morgan fingerprint density at radius 1 is 0.906 bits per heavy atom. The van der Waals surface area contributed by atoms with Crippen LogP contribution in [0.1, 0.15) is 31.8 Å². The molecule has 6 nitrogen and oxygen atoms in total. The van der Waals surface area contributed by atoms with Gasteiger partial charge >= 0.3 is 5.97 Å². The molecule has 3 rings (SSSR count). The highest BCUT2D eigenvalue weighted by Crippen LogP contribution is 2.25. The summed E-state index contributed by atoms with van der Waals surface area (Å²) in [5.74, 6) is -1.44. The number of hydrogen-bond acceptors (Lipinski definition) is 4. The first-order valence-corrected chi connectivity index (χ1v) is 10.2. The average Bonchev–Trinajstić information content (AvgIpc) is 2.77. The second kappa shape index (κ2) is 10.6. The second-order valence-corrected chi connectivity index (χ2v) is 7.54. The average molecular weight is 469 g/mol. The summed E-state index contributed by atoms with van der Waals surface area (Å²) < 4.78 is 5.43. The van der Waals surface area contributed by atoms with Crippen molar-refractivity contribution in [2.75, 3.05) is 0 Å². The summed E-state index contributed by atoms with van der Waals surface area (Å²) in [6, 6.07) is 18.0. The summed E-state index contributed by atoms with van der Waals surface area (Å²) in [4.78, 5) is 36.6. The number of esters is 1. The van der Waals surface area contributed by atoms with Crippen LogP contribution in [0.3, 0.4) is 0 Å². The SMILES string of the molecule is Cc1ccc(C(=O)NNC(=O)/C=C/c2ccccc2OC(=O)c2ccc(Cl)cc2Cl)cc1. The van der Waals surface area contributed by atoms with Gasteiger partial charge in [-0.25, -0.2) is 4.79 Å². The van der Waals surface area contributed by atoms with E-state index in [0.29, 0.717) is 16.1 Å². The fourth-order valence-corrected chi connectivity index (χ4v) is 3.11. The first kappa shape index (κ1) is 23.1. The highest BCUT2D eigenvalue weighted by Gasteiger charge is 2.14. The van der Waals surface area contributed by atoms with Gasteiger partial charge in [0.1, 0.15) is 5.75 Å². The zero-order valence-electron chi connectivity index (χ0n) is 16.9. The molecule has 2 amide bonds. The van der Waals surface area contributed by atoms with E-state index in [1.165, 1.54) is 30.4 Å². The minimum absolute atomic E-state index is 0.159. The summed E-state index contributed by atoms with van der Waals surface area (Å²) >= 11 is 11.9. The van der Waals surface area contributed by atoms with Crippen molar-refractivity contribution in [3.05, 3.63) is 105 Å². The maximum absolute atomic E-state index is 12.5. The van der Waals surface area contributed by atoms with E-state index < -0.39 is 17.8 Å². The van der Waals surface area contributed by atoms with Crippen molar-refractivity contribution in [1.29, 1.82) is 0 Å². The molecule has 2 N–H and O–H groups in total. The van der Waals surface area contributed by atoms with E-state index in [1.807, 2.05) is 6.92 Å². The number of carbonyl (C=O) groups is 3. The zero-order chi connectivity index (χ0) is 23.1. The molecule has 0 spiro atoms. The lowest BCUT2D eigenvalue weighted by Crippen LogP contribution is -2.40. The number of carbonyl (C=O) groups excluding carboxylic acids is 3. The van der Waals surface area contributed by atoms with Crippen LogP contribution in [-0.2, 0) is 4.79 Å². The Labute approximate surface area is 194 Å². The Kier molecular flexibility index (Phi) is 7.65. The first-order chi connectivity index (χ1) is 15.3. The number of amides is 2. The molecule has 0 unspecified atom stereocenters. The molecule has 8 heteroatoms. The predicted molar refractivity (Wildman–Crippen MR) is 124 cm³/mol. The van der Waals surface area contributed by atoms with Crippen LogP contribution in [-0.4, -0.2) is 17.8 Å². The molecule has 32 heavy (non-hydrogen) atoms. The van der Waals surface area contributed by atoms with Crippen molar-refractivity contribution in [3.8, 4) is 5.75 Å². The maximum Gasteiger partial charge on any atom is 0.345 e. The Morgan fingerprint density at radius 2 is 1.62 bits per heavy atom. The fraction of sp³-hybridized carbons (Fsp3) is 0.0417. The molecule has 0 heterocycles. The highest BCUT2D eigenvalue weighted by molar-refractivity contribution is 6.36. The van der Waals surface area contributed by atoms with Crippen LogP contribution in [0.2, 0.25) is 10.0 Å². The van der Waals surface area contributed by atoms with Gasteiger partial charge in [-0.3, -0.25) is 20.4 Å². The number of halogens is 2. The first-order valence-electron chi connectivity index (χ1n) is 9.45. The van der Waals surface area contributed by atoms with Crippen molar-refractivity contribution in [2.24, 2.45) is 0 Å². The smallest absolute Gasteiger partial charge is 0.345 e. The Bertz CT molecular complexity index is 1190. The number of hydrogen-bond donors (Lipinski definition) is 2. The molecule has 0 aromatic heterocycles. The molecule has 0 fully saturated rings. The van der Waals surface area contributed by atoms with Gasteiger partial charge in [0.05, 0.1) is 10.6 Å². The molecule has 0 saturated heterocycles. The van der Waals surface area contributed by atoms with E-state index in [0.717, 1.165) is 5.56 Å². The lowest BCUT2D eigenvalue weighted by atomic mass is 10.1. The summed E-state index contributed by atoms with van der Waals surface area (Å²) in [5, 5.41) is 0.564. The number of benzene rings is 3. The van der Waals surface area contributed by atoms with Gasteiger partial charge in [-0.15, -0.1) is 0 Å². The van der Waals surface area contributed by atoms with Crippen molar-refractivity contribution >= 4 is 47.1 Å². The Hall–Kier alpha value is -3.61. The highest BCUT2D eigenvalue weighted by atomic mass is 35.5. The number of hydrazine groups is 1. The van der Waals surface area contributed by atoms with Gasteiger partial charge in [0, 0.05) is 22.2 Å². The summed E-state index contributed by atoms with van der Waals surface area (Å²) in [7, 11) is 0. The maximum atomic E-state index is 12.5. The molecule has 3 aromatic carbocycles. The van der Waals surface area contributed by atoms with Gasteiger partial charge in [-0.2, -0.15) is 0 Å². The van der Waals surface area contributed by atoms with Gasteiger partial charge in [0.25, 0.3) is 11.8 Å². The van der Waals surface area contributed by atoms with Gasteiger partial charge in [-0.05, 0) is 49.4 Å². The van der Waals surface area contributed by atoms with Gasteiger partial charge in [0.2, 0.25) is 0 Å². The summed E-state index contributed by atoms with van der Waals surface area (Å²) in [6.45, 7) is 1.91. The van der Waals surface area contributed by atoms with Gasteiger partial charge in [0.15, 0.2) is 0 Å². The van der Waals surface area contributed by atoms with Crippen LogP contribution in [0, 0.1) is 6.92 Å². The molecule has 0 radical (unpaired) electrons. The molecular formula is C24H18Cl2N2O4. The zero-order valence-corrected chi connectivity index (χ0v) is 18.4. The lowest BCUT2D eigenvalue weighted by Gasteiger charge is -2.09. The third kappa shape index (κ3) is 6.20. The molecule has 3 aromatic rings. The molecule has 0 aliphatic rings. The van der Waals surface area contributed by atoms with E-state index in [9.17, 15) is 14.4 Å². The molecule has 0 saturated carbocycles. The normalized spacial score (nSPS) is 10.6. The number of para-hydroxylation sites is 1. The van der Waals surface area contributed by atoms with Crippen LogP contribution in [0.15, 0.2) is 72.8 Å². The van der Waals surface area contributed by atoms with Crippen LogP contribution in [0.5, 0.6) is 5.75 Å². The fourth-order valence-electron chi connectivity index (χ4n) is 2.62. The number of rotatable bonds is 5. The van der Waals surface area contributed by atoms with Gasteiger partial charge in [-0.1, -0.05) is 59.1 Å². The number of aryl methyl sites for hydroxylation is 1. The van der Waals surface area contributed by atoms with E-state index in [4.69, 9.17) is 27.9 Å². The number of ether oxygens (including phenoxy) is 1. The van der Waals surface area contributed by atoms with Gasteiger partial charge < -0.3 is 4.74 Å². The monoisotopic (exact) mass is 468 g/mol. The standard InChI is InChI=1S/C24H18Cl2N2O4/c1-15-6-8-17(9-7-15)23(30)28-27-22(29)13-10-16-4-2-3-5-21(16)32-24(31)19-12-11-18(25)14-20(19)26/h2-14H,1H3,(H,27,29)(H,28,30)/b13-10+. The molecule has 0 aliphatic heterocycles. The van der Waals surface area contributed by atoms with Crippen molar-refractivity contribution in [1.82, 2.24) is 10.9 Å². The number of nitrogens with one attached hydrogen (secondary N) is 2. The minimum atomic E-state index is -0.665. The van der Waals surface area contributed by atoms with E-state index in [2.05, 4.69) is 10.9 Å². The summed E-state index contributed by atoms with van der Waals surface area (Å²) in [5.41, 5.74) is 6.71. The van der Waals surface area contributed by atoms with Crippen LogP contribution in [0.25, 0.3) is 6.08 Å². The van der Waals surface area contributed by atoms with Crippen LogP contribution in [0.4, 0.5) is 0 Å². The van der Waals surface area contributed by atoms with E-state index >= 15 is 0 Å².